The molecule has 3 heteroatoms. The van der Waals surface area contributed by atoms with Gasteiger partial charge in [-0.05, 0) is 55.3 Å². The Labute approximate surface area is 118 Å². The second-order valence-electron chi connectivity index (χ2n) is 5.05. The standard InChI is InChI=1S/C17H19F2N/c1-12-7-8-15(18)10-13(12)9-14(11-20-2)16-5-3-4-6-17(16)19/h3-8,10,14,20H,9,11H2,1-2H3. The van der Waals surface area contributed by atoms with Gasteiger partial charge in [-0.2, -0.15) is 0 Å². The number of likely N-dealkylation sites (N-methyl/N-ethyl adjacent to an activating group) is 1. The first-order valence-electron chi connectivity index (χ1n) is 6.76. The highest BCUT2D eigenvalue weighted by atomic mass is 19.1. The van der Waals surface area contributed by atoms with Crippen LogP contribution in [-0.4, -0.2) is 13.6 Å². The van der Waals surface area contributed by atoms with Crippen molar-refractivity contribution in [3.63, 3.8) is 0 Å². The maximum Gasteiger partial charge on any atom is 0.126 e. The van der Waals surface area contributed by atoms with E-state index in [1.807, 2.05) is 20.0 Å². The first-order valence-corrected chi connectivity index (χ1v) is 6.76. The molecular weight excluding hydrogens is 256 g/mol. The van der Waals surface area contributed by atoms with Gasteiger partial charge in [0.25, 0.3) is 0 Å². The molecule has 1 unspecified atom stereocenters. The third-order valence-corrected chi connectivity index (χ3v) is 3.57. The minimum absolute atomic E-state index is 0.0123. The van der Waals surface area contributed by atoms with Crippen LogP contribution in [0.1, 0.15) is 22.6 Å². The summed E-state index contributed by atoms with van der Waals surface area (Å²) in [6.07, 6.45) is 0.616. The number of benzene rings is 2. The molecule has 0 spiro atoms. The number of halogens is 2. The van der Waals surface area contributed by atoms with Gasteiger partial charge in [0, 0.05) is 12.5 Å². The largest absolute Gasteiger partial charge is 0.319 e. The molecule has 0 heterocycles. The van der Waals surface area contributed by atoms with Gasteiger partial charge >= 0.3 is 0 Å². The zero-order chi connectivity index (χ0) is 14.5. The molecule has 0 aliphatic heterocycles. The molecule has 0 amide bonds. The summed E-state index contributed by atoms with van der Waals surface area (Å²) in [5.41, 5.74) is 2.63. The molecule has 0 fully saturated rings. The number of rotatable bonds is 5. The van der Waals surface area contributed by atoms with Crippen LogP contribution in [0.5, 0.6) is 0 Å². The smallest absolute Gasteiger partial charge is 0.126 e. The van der Waals surface area contributed by atoms with Crippen LogP contribution in [0.3, 0.4) is 0 Å². The second kappa shape index (κ2) is 6.62. The van der Waals surface area contributed by atoms with Gasteiger partial charge < -0.3 is 5.32 Å². The fourth-order valence-corrected chi connectivity index (χ4v) is 2.47. The third-order valence-electron chi connectivity index (χ3n) is 3.57. The van der Waals surface area contributed by atoms with Gasteiger partial charge in [-0.15, -0.1) is 0 Å². The highest BCUT2D eigenvalue weighted by Crippen LogP contribution is 2.25. The first kappa shape index (κ1) is 14.7. The van der Waals surface area contributed by atoms with Crippen LogP contribution in [0.4, 0.5) is 8.78 Å². The van der Waals surface area contributed by atoms with E-state index < -0.39 is 0 Å². The minimum Gasteiger partial charge on any atom is -0.319 e. The molecule has 0 bridgehead atoms. The zero-order valence-corrected chi connectivity index (χ0v) is 11.8. The first-order chi connectivity index (χ1) is 9.61. The van der Waals surface area contributed by atoms with E-state index in [0.717, 1.165) is 11.1 Å². The average molecular weight is 275 g/mol. The lowest BCUT2D eigenvalue weighted by molar-refractivity contribution is 0.554. The lowest BCUT2D eigenvalue weighted by Gasteiger charge is -2.19. The van der Waals surface area contributed by atoms with Crippen LogP contribution >= 0.6 is 0 Å². The van der Waals surface area contributed by atoms with Crippen LogP contribution < -0.4 is 5.32 Å². The van der Waals surface area contributed by atoms with Crippen LogP contribution in [0.25, 0.3) is 0 Å². The van der Waals surface area contributed by atoms with Crippen molar-refractivity contribution in [3.05, 3.63) is 70.8 Å². The Kier molecular flexibility index (Phi) is 4.85. The van der Waals surface area contributed by atoms with Crippen molar-refractivity contribution in [2.24, 2.45) is 0 Å². The Morgan fingerprint density at radius 3 is 2.55 bits per heavy atom. The summed E-state index contributed by atoms with van der Waals surface area (Å²) in [5, 5.41) is 3.09. The summed E-state index contributed by atoms with van der Waals surface area (Å²) in [4.78, 5) is 0. The molecule has 106 valence electrons. The Morgan fingerprint density at radius 1 is 1.10 bits per heavy atom. The van der Waals surface area contributed by atoms with Gasteiger partial charge in [0.2, 0.25) is 0 Å². The van der Waals surface area contributed by atoms with Crippen molar-refractivity contribution in [1.29, 1.82) is 0 Å². The second-order valence-corrected chi connectivity index (χ2v) is 5.05. The van der Waals surface area contributed by atoms with E-state index in [-0.39, 0.29) is 17.6 Å². The summed E-state index contributed by atoms with van der Waals surface area (Å²) in [6, 6.07) is 11.5. The number of aryl methyl sites for hydroxylation is 1. The van der Waals surface area contributed by atoms with E-state index in [2.05, 4.69) is 5.32 Å². The summed E-state index contributed by atoms with van der Waals surface area (Å²) in [7, 11) is 1.84. The van der Waals surface area contributed by atoms with Crippen LogP contribution in [0, 0.1) is 18.6 Å². The zero-order valence-electron chi connectivity index (χ0n) is 11.8. The predicted molar refractivity (Wildman–Crippen MR) is 77.9 cm³/mol. The monoisotopic (exact) mass is 275 g/mol. The highest BCUT2D eigenvalue weighted by molar-refractivity contribution is 5.31. The van der Waals surface area contributed by atoms with E-state index in [1.54, 1.807) is 24.3 Å². The van der Waals surface area contributed by atoms with E-state index in [1.165, 1.54) is 12.1 Å². The van der Waals surface area contributed by atoms with E-state index in [0.29, 0.717) is 18.5 Å². The SMILES string of the molecule is CNCC(Cc1cc(F)ccc1C)c1ccccc1F. The summed E-state index contributed by atoms with van der Waals surface area (Å²) in [6.45, 7) is 2.60. The number of hydrogen-bond donors (Lipinski definition) is 1. The van der Waals surface area contributed by atoms with E-state index >= 15 is 0 Å². The van der Waals surface area contributed by atoms with Gasteiger partial charge in [0.05, 0.1) is 0 Å². The van der Waals surface area contributed by atoms with Crippen molar-refractivity contribution in [2.75, 3.05) is 13.6 Å². The molecule has 2 aromatic carbocycles. The molecule has 2 aromatic rings. The summed E-state index contributed by atoms with van der Waals surface area (Å²) in [5.74, 6) is -0.467. The number of hydrogen-bond acceptors (Lipinski definition) is 1. The van der Waals surface area contributed by atoms with E-state index in [9.17, 15) is 8.78 Å². The molecule has 0 aliphatic carbocycles. The molecule has 2 rings (SSSR count). The number of nitrogens with one attached hydrogen (secondary N) is 1. The molecule has 1 N–H and O–H groups in total. The molecule has 1 atom stereocenters. The predicted octanol–water partition coefficient (Wildman–Crippen LogP) is 3.82. The Hall–Kier alpha value is -1.74. The molecule has 0 saturated heterocycles. The summed E-state index contributed by atoms with van der Waals surface area (Å²) < 4.78 is 27.3. The van der Waals surface area contributed by atoms with Gasteiger partial charge in [-0.1, -0.05) is 24.3 Å². The molecule has 0 saturated carbocycles. The molecular formula is C17H19F2N. The Morgan fingerprint density at radius 2 is 1.85 bits per heavy atom. The molecule has 0 radical (unpaired) electrons. The maximum absolute atomic E-state index is 13.9. The van der Waals surface area contributed by atoms with Crippen LogP contribution in [-0.2, 0) is 6.42 Å². The van der Waals surface area contributed by atoms with E-state index in [4.69, 9.17) is 0 Å². The van der Waals surface area contributed by atoms with Crippen molar-refractivity contribution in [2.45, 2.75) is 19.3 Å². The summed E-state index contributed by atoms with van der Waals surface area (Å²) >= 11 is 0. The van der Waals surface area contributed by atoms with Gasteiger partial charge in [0.15, 0.2) is 0 Å². The fraction of sp³-hybridized carbons (Fsp3) is 0.294. The Bertz CT molecular complexity index is 581. The normalized spacial score (nSPS) is 12.4. The van der Waals surface area contributed by atoms with Gasteiger partial charge in [-0.25, -0.2) is 8.78 Å². The van der Waals surface area contributed by atoms with Crippen molar-refractivity contribution in [1.82, 2.24) is 5.32 Å². The van der Waals surface area contributed by atoms with Crippen molar-refractivity contribution >= 4 is 0 Å². The molecule has 0 aliphatic rings. The lowest BCUT2D eigenvalue weighted by Crippen LogP contribution is -2.20. The third kappa shape index (κ3) is 3.42. The average Bonchev–Trinajstić information content (AvgIpc) is 2.43. The Balaban J connectivity index is 2.30. The van der Waals surface area contributed by atoms with Crippen LogP contribution in [0.2, 0.25) is 0 Å². The highest BCUT2D eigenvalue weighted by Gasteiger charge is 2.16. The van der Waals surface area contributed by atoms with Gasteiger partial charge in [0.1, 0.15) is 11.6 Å². The fourth-order valence-electron chi connectivity index (χ4n) is 2.47. The topological polar surface area (TPSA) is 12.0 Å². The maximum atomic E-state index is 13.9. The van der Waals surface area contributed by atoms with Crippen molar-refractivity contribution < 1.29 is 8.78 Å². The quantitative estimate of drug-likeness (QED) is 0.874. The molecule has 0 aromatic heterocycles. The molecule has 20 heavy (non-hydrogen) atoms. The van der Waals surface area contributed by atoms with Crippen molar-refractivity contribution in [3.8, 4) is 0 Å². The minimum atomic E-state index is -0.248. The van der Waals surface area contributed by atoms with Crippen LogP contribution in [0.15, 0.2) is 42.5 Å². The molecule has 1 nitrogen and oxygen atoms in total. The lowest BCUT2D eigenvalue weighted by atomic mass is 9.89. The van der Waals surface area contributed by atoms with Gasteiger partial charge in [-0.3, -0.25) is 0 Å².